The molecule has 4 aromatic rings. The van der Waals surface area contributed by atoms with Crippen LogP contribution in [0, 0.1) is 12.3 Å². The van der Waals surface area contributed by atoms with Crippen molar-refractivity contribution in [1.29, 1.82) is 0 Å². The number of esters is 4. The molecule has 4 aromatic carbocycles. The number of carbonyl (C=O) groups is 4. The van der Waals surface area contributed by atoms with Crippen LogP contribution in [-0.2, 0) is 23.7 Å². The number of terminal acetylenes is 1. The van der Waals surface area contributed by atoms with Gasteiger partial charge in [-0.3, -0.25) is 0 Å². The molecular formula is C35H26O9. The normalized spacial score (nSPS) is 20.5. The molecule has 1 aliphatic rings. The Labute approximate surface area is 253 Å². The monoisotopic (exact) mass is 590 g/mol. The zero-order chi connectivity index (χ0) is 30.9. The van der Waals surface area contributed by atoms with Crippen molar-refractivity contribution in [2.24, 2.45) is 0 Å². The van der Waals surface area contributed by atoms with Crippen LogP contribution in [0.15, 0.2) is 121 Å². The average Bonchev–Trinajstić information content (AvgIpc) is 3.35. The molecule has 5 rings (SSSR count). The highest BCUT2D eigenvalue weighted by Crippen LogP contribution is 2.39. The smallest absolute Gasteiger partial charge is 0.340 e. The minimum absolute atomic E-state index is 0.127. The zero-order valence-electron chi connectivity index (χ0n) is 23.2. The first-order valence-corrected chi connectivity index (χ1v) is 13.6. The predicted molar refractivity (Wildman–Crippen MR) is 156 cm³/mol. The second-order valence-corrected chi connectivity index (χ2v) is 9.63. The third-order valence-electron chi connectivity index (χ3n) is 6.76. The van der Waals surface area contributed by atoms with E-state index in [0.717, 1.165) is 0 Å². The maximum Gasteiger partial charge on any atom is 0.340 e. The van der Waals surface area contributed by atoms with Crippen LogP contribution in [0.3, 0.4) is 0 Å². The van der Waals surface area contributed by atoms with E-state index in [1.54, 1.807) is 84.9 Å². The molecule has 0 radical (unpaired) electrons. The number of benzene rings is 4. The third-order valence-corrected chi connectivity index (χ3v) is 6.76. The second-order valence-electron chi connectivity index (χ2n) is 9.63. The summed E-state index contributed by atoms with van der Waals surface area (Å²) in [5.74, 6) is -0.885. The number of ether oxygens (including phenoxy) is 5. The van der Waals surface area contributed by atoms with Crippen LogP contribution in [0.4, 0.5) is 0 Å². The number of hydrogen-bond donors (Lipinski definition) is 0. The van der Waals surface area contributed by atoms with Gasteiger partial charge in [-0.15, -0.1) is 6.42 Å². The summed E-state index contributed by atoms with van der Waals surface area (Å²) in [6.07, 6.45) is 1.36. The van der Waals surface area contributed by atoms with Gasteiger partial charge in [0, 0.05) is 0 Å². The van der Waals surface area contributed by atoms with Gasteiger partial charge in [0.1, 0.15) is 12.7 Å². The van der Waals surface area contributed by atoms with Crippen molar-refractivity contribution in [3.63, 3.8) is 0 Å². The van der Waals surface area contributed by atoms with Crippen LogP contribution in [-0.4, -0.2) is 54.6 Å². The van der Waals surface area contributed by atoms with Crippen molar-refractivity contribution in [1.82, 2.24) is 0 Å². The second kappa shape index (κ2) is 13.5. The minimum atomic E-state index is -2.29. The average molecular weight is 591 g/mol. The summed E-state index contributed by atoms with van der Waals surface area (Å²) in [7, 11) is 0. The van der Waals surface area contributed by atoms with Gasteiger partial charge in [0.05, 0.1) is 22.3 Å². The van der Waals surface area contributed by atoms with Crippen molar-refractivity contribution < 1.29 is 42.9 Å². The van der Waals surface area contributed by atoms with E-state index in [9.17, 15) is 19.2 Å². The fourth-order valence-electron chi connectivity index (χ4n) is 4.53. The van der Waals surface area contributed by atoms with Crippen LogP contribution in [0.25, 0.3) is 0 Å². The molecule has 1 fully saturated rings. The minimum Gasteiger partial charge on any atom is -0.459 e. The Kier molecular flexibility index (Phi) is 9.13. The molecule has 0 saturated carbocycles. The van der Waals surface area contributed by atoms with Gasteiger partial charge in [-0.2, -0.15) is 0 Å². The summed E-state index contributed by atoms with van der Waals surface area (Å²) >= 11 is 0. The zero-order valence-corrected chi connectivity index (χ0v) is 23.2. The van der Waals surface area contributed by atoms with E-state index in [-0.39, 0.29) is 22.3 Å². The van der Waals surface area contributed by atoms with E-state index in [2.05, 4.69) is 5.92 Å². The molecule has 1 aliphatic heterocycles. The van der Waals surface area contributed by atoms with Gasteiger partial charge >= 0.3 is 23.9 Å². The molecule has 0 amide bonds. The van der Waals surface area contributed by atoms with E-state index >= 15 is 0 Å². The Bertz CT molecular complexity index is 1650. The topological polar surface area (TPSA) is 114 Å². The van der Waals surface area contributed by atoms with E-state index in [1.807, 2.05) is 0 Å². The van der Waals surface area contributed by atoms with Crippen LogP contribution >= 0.6 is 0 Å². The Morgan fingerprint density at radius 2 is 1.02 bits per heavy atom. The summed E-state index contributed by atoms with van der Waals surface area (Å²) in [4.78, 5) is 52.7. The van der Waals surface area contributed by atoms with E-state index < -0.39 is 54.6 Å². The van der Waals surface area contributed by atoms with E-state index in [4.69, 9.17) is 30.1 Å². The van der Waals surface area contributed by atoms with Crippen molar-refractivity contribution in [2.45, 2.75) is 24.1 Å². The van der Waals surface area contributed by atoms with Crippen LogP contribution in [0.2, 0.25) is 0 Å². The molecule has 0 aromatic heterocycles. The first-order valence-electron chi connectivity index (χ1n) is 13.6. The fourth-order valence-corrected chi connectivity index (χ4v) is 4.53. The number of rotatable bonds is 9. The molecule has 0 bridgehead atoms. The lowest BCUT2D eigenvalue weighted by Crippen LogP contribution is -2.54. The van der Waals surface area contributed by atoms with Crippen LogP contribution < -0.4 is 0 Å². The highest BCUT2D eigenvalue weighted by atomic mass is 16.8. The van der Waals surface area contributed by atoms with Gasteiger partial charge in [0.2, 0.25) is 0 Å². The largest absolute Gasteiger partial charge is 0.459 e. The number of hydrogen-bond acceptors (Lipinski definition) is 9. The molecule has 9 heteroatoms. The first-order chi connectivity index (χ1) is 21.4. The molecular weight excluding hydrogens is 564 g/mol. The molecule has 9 nitrogen and oxygen atoms in total. The van der Waals surface area contributed by atoms with Crippen molar-refractivity contribution >= 4 is 23.9 Å². The molecule has 4 atom stereocenters. The standard InChI is InChI=1S/C35H26O9/c1-2-35(44-33(39)27-21-13-6-14-22-27)29(42-31(37)25-17-9-4-10-18-25)28(23-40-30(36)24-15-7-3-8-16-24)41-34(35)43-32(38)26-19-11-5-12-20-26/h1,3-22,28-29,34H,23H2. The molecule has 1 saturated heterocycles. The molecule has 0 spiro atoms. The summed E-state index contributed by atoms with van der Waals surface area (Å²) in [5, 5.41) is 0. The van der Waals surface area contributed by atoms with Crippen LogP contribution in [0.1, 0.15) is 41.4 Å². The molecule has 44 heavy (non-hydrogen) atoms. The van der Waals surface area contributed by atoms with Gasteiger partial charge in [0.15, 0.2) is 6.10 Å². The van der Waals surface area contributed by atoms with Crippen LogP contribution in [0.5, 0.6) is 0 Å². The maximum atomic E-state index is 13.4. The molecule has 220 valence electrons. The summed E-state index contributed by atoms with van der Waals surface area (Å²) in [6.45, 7) is -0.494. The SMILES string of the molecule is C#CC1(OC(=O)c2ccccc2)C(OC(=O)c2ccccc2)OC(COC(=O)c2ccccc2)C1OC(=O)c1ccccc1. The summed E-state index contributed by atoms with van der Waals surface area (Å²) in [6, 6.07) is 32.1. The van der Waals surface area contributed by atoms with E-state index in [0.29, 0.717) is 0 Å². The molecule has 0 aliphatic carbocycles. The quantitative estimate of drug-likeness (QED) is 0.153. The third kappa shape index (κ3) is 6.51. The Morgan fingerprint density at radius 1 is 0.614 bits per heavy atom. The lowest BCUT2D eigenvalue weighted by molar-refractivity contribution is -0.161. The fraction of sp³-hybridized carbons (Fsp3) is 0.143. The number of carbonyl (C=O) groups excluding carboxylic acids is 4. The van der Waals surface area contributed by atoms with Gasteiger partial charge in [-0.05, 0) is 54.5 Å². The van der Waals surface area contributed by atoms with Gasteiger partial charge in [-0.1, -0.05) is 72.8 Å². The van der Waals surface area contributed by atoms with Crippen molar-refractivity contribution in [3.8, 4) is 12.3 Å². The summed E-state index contributed by atoms with van der Waals surface area (Å²) in [5.41, 5.74) is -1.58. The highest BCUT2D eigenvalue weighted by Gasteiger charge is 2.64. The molecule has 1 heterocycles. The van der Waals surface area contributed by atoms with Gasteiger partial charge in [-0.25, -0.2) is 19.2 Å². The Morgan fingerprint density at radius 3 is 1.48 bits per heavy atom. The van der Waals surface area contributed by atoms with Gasteiger partial charge in [0.25, 0.3) is 11.9 Å². The van der Waals surface area contributed by atoms with E-state index in [1.165, 1.54) is 36.4 Å². The Balaban J connectivity index is 1.52. The molecule has 4 unspecified atom stereocenters. The lowest BCUT2D eigenvalue weighted by Gasteiger charge is -2.32. The first kappa shape index (κ1) is 29.8. The molecule has 0 N–H and O–H groups in total. The van der Waals surface area contributed by atoms with Crippen molar-refractivity contribution in [2.75, 3.05) is 6.61 Å². The van der Waals surface area contributed by atoms with Gasteiger partial charge < -0.3 is 23.7 Å². The summed E-state index contributed by atoms with van der Waals surface area (Å²) < 4.78 is 28.9. The Hall–Kier alpha value is -5.72. The maximum absolute atomic E-state index is 13.4. The van der Waals surface area contributed by atoms with Crippen molar-refractivity contribution in [3.05, 3.63) is 144 Å². The lowest BCUT2D eigenvalue weighted by atomic mass is 9.94. The highest BCUT2D eigenvalue weighted by molar-refractivity contribution is 5.92. The predicted octanol–water partition coefficient (Wildman–Crippen LogP) is 4.88.